The highest BCUT2D eigenvalue weighted by Gasteiger charge is 2.46. The number of imidazole rings is 2. The summed E-state index contributed by atoms with van der Waals surface area (Å²) in [5.74, 6) is -0.634. The number of aromatic nitrogens is 4. The molecule has 3 unspecified atom stereocenters. The highest BCUT2D eigenvalue weighted by Crippen LogP contribution is 2.49. The first-order valence-electron chi connectivity index (χ1n) is 11.0. The summed E-state index contributed by atoms with van der Waals surface area (Å²) in [7, 11) is 0. The molecular formula is C27H24N4O2. The number of allylic oxidation sites excluding steroid dienone is 1. The van der Waals surface area contributed by atoms with Crippen LogP contribution in [-0.2, 0) is 9.59 Å². The summed E-state index contributed by atoms with van der Waals surface area (Å²) in [6.45, 7) is 1.72. The van der Waals surface area contributed by atoms with E-state index in [1.54, 1.807) is 38.0 Å². The number of carbonyl (C=O) groups excluding carboxylic acids is 2. The molecule has 4 aromatic rings. The number of nitrogens with zero attached hydrogens (tertiary/aromatic N) is 4. The van der Waals surface area contributed by atoms with E-state index < -0.39 is 5.92 Å². The van der Waals surface area contributed by atoms with Gasteiger partial charge >= 0.3 is 0 Å². The van der Waals surface area contributed by atoms with Crippen LogP contribution in [0.3, 0.4) is 0 Å². The summed E-state index contributed by atoms with van der Waals surface area (Å²) in [5.41, 5.74) is 4.09. The normalized spacial score (nSPS) is 18.3. The minimum atomic E-state index is -0.633. The quantitative estimate of drug-likeness (QED) is 0.298. The van der Waals surface area contributed by atoms with Gasteiger partial charge in [0.1, 0.15) is 5.78 Å². The largest absolute Gasteiger partial charge is 0.306 e. The number of hydrogen-bond acceptors (Lipinski definition) is 4. The Hall–Kier alpha value is -4.06. The van der Waals surface area contributed by atoms with E-state index in [0.29, 0.717) is 0 Å². The topological polar surface area (TPSA) is 69.8 Å². The lowest BCUT2D eigenvalue weighted by molar-refractivity contribution is -0.130. The Balaban J connectivity index is 1.18. The molecule has 0 aliphatic heterocycles. The zero-order valence-electron chi connectivity index (χ0n) is 18.3. The van der Waals surface area contributed by atoms with E-state index in [9.17, 15) is 9.59 Å². The molecule has 1 aliphatic carbocycles. The molecule has 3 atom stereocenters. The van der Waals surface area contributed by atoms with Gasteiger partial charge in [-0.25, -0.2) is 9.97 Å². The van der Waals surface area contributed by atoms with Crippen LogP contribution in [0, 0.1) is 11.8 Å². The van der Waals surface area contributed by atoms with Gasteiger partial charge in [-0.3, -0.25) is 9.59 Å². The van der Waals surface area contributed by atoms with Crippen LogP contribution in [0.15, 0.2) is 92.0 Å². The third kappa shape index (κ3) is 4.46. The van der Waals surface area contributed by atoms with Crippen LogP contribution in [0.25, 0.3) is 17.5 Å². The fourth-order valence-corrected chi connectivity index (χ4v) is 4.14. The molecule has 6 nitrogen and oxygen atoms in total. The van der Waals surface area contributed by atoms with Crippen molar-refractivity contribution in [3.05, 3.63) is 103 Å². The molecule has 0 saturated heterocycles. The van der Waals surface area contributed by atoms with Gasteiger partial charge in [-0.15, -0.1) is 0 Å². The van der Waals surface area contributed by atoms with E-state index in [2.05, 4.69) is 22.1 Å². The van der Waals surface area contributed by atoms with E-state index >= 15 is 0 Å². The van der Waals surface area contributed by atoms with Crippen LogP contribution >= 0.6 is 0 Å². The van der Waals surface area contributed by atoms with E-state index in [4.69, 9.17) is 0 Å². The molecule has 1 saturated carbocycles. The van der Waals surface area contributed by atoms with E-state index in [0.717, 1.165) is 28.9 Å². The molecule has 2 aromatic carbocycles. The second-order valence-electron chi connectivity index (χ2n) is 8.43. The van der Waals surface area contributed by atoms with Crippen LogP contribution in [0.5, 0.6) is 0 Å². The number of carbonyl (C=O) groups is 2. The fraction of sp³-hybridized carbons (Fsp3) is 0.185. The molecule has 0 spiro atoms. The van der Waals surface area contributed by atoms with Crippen molar-refractivity contribution in [2.75, 3.05) is 0 Å². The van der Waals surface area contributed by atoms with Crippen LogP contribution in [0.2, 0.25) is 0 Å². The van der Waals surface area contributed by atoms with Crippen LogP contribution in [0.4, 0.5) is 0 Å². The lowest BCUT2D eigenvalue weighted by Gasteiger charge is -2.08. The maximum Gasteiger partial charge on any atom is 0.165 e. The summed E-state index contributed by atoms with van der Waals surface area (Å²) in [5, 5.41) is 0. The number of benzene rings is 2. The second kappa shape index (κ2) is 8.82. The summed E-state index contributed by atoms with van der Waals surface area (Å²) in [6, 6.07) is 16.0. The van der Waals surface area contributed by atoms with Crippen molar-refractivity contribution >= 4 is 17.6 Å². The van der Waals surface area contributed by atoms with Crippen LogP contribution < -0.4 is 0 Å². The Kier molecular flexibility index (Phi) is 5.57. The first-order valence-corrected chi connectivity index (χ1v) is 11.0. The summed E-state index contributed by atoms with van der Waals surface area (Å²) < 4.78 is 3.86. The average molecular weight is 437 g/mol. The van der Waals surface area contributed by atoms with Gasteiger partial charge in [0.05, 0.1) is 18.6 Å². The van der Waals surface area contributed by atoms with Crippen molar-refractivity contribution in [1.29, 1.82) is 0 Å². The standard InChI is InChI=1S/C27H24N4O2/c1-19(26(32)11-4-20-2-7-22(8-3-20)30-14-12-28-17-30)27(33)25-16-24(25)21-5-9-23(10-6-21)31-15-13-29-18-31/h2-15,17-19,24-25H,16H2,1H3/b11-4+. The molecule has 0 radical (unpaired) electrons. The molecule has 2 heterocycles. The monoisotopic (exact) mass is 436 g/mol. The fourth-order valence-electron chi connectivity index (χ4n) is 4.14. The predicted molar refractivity (Wildman–Crippen MR) is 126 cm³/mol. The van der Waals surface area contributed by atoms with Gasteiger partial charge in [0.25, 0.3) is 0 Å². The van der Waals surface area contributed by atoms with Crippen molar-refractivity contribution in [2.45, 2.75) is 19.3 Å². The first kappa shape index (κ1) is 20.8. The molecular weight excluding hydrogens is 412 g/mol. The third-order valence-corrected chi connectivity index (χ3v) is 6.27. The number of Topliss-reactive ketones (excluding diaryl/α,β-unsaturated/α-hetero) is 1. The molecule has 1 aliphatic rings. The van der Waals surface area contributed by atoms with Gasteiger partial charge in [0.2, 0.25) is 0 Å². The molecule has 1 fully saturated rings. The molecule has 6 heteroatoms. The number of ketones is 2. The van der Waals surface area contributed by atoms with Crippen LogP contribution in [-0.4, -0.2) is 30.7 Å². The van der Waals surface area contributed by atoms with Gasteiger partial charge in [-0.05, 0) is 60.7 Å². The molecule has 5 rings (SSSR count). The Morgan fingerprint density at radius 1 is 0.909 bits per heavy atom. The minimum Gasteiger partial charge on any atom is -0.306 e. The van der Waals surface area contributed by atoms with Crippen molar-refractivity contribution < 1.29 is 9.59 Å². The smallest absolute Gasteiger partial charge is 0.165 e. The number of rotatable bonds is 8. The second-order valence-corrected chi connectivity index (χ2v) is 8.43. The van der Waals surface area contributed by atoms with Crippen molar-refractivity contribution in [1.82, 2.24) is 19.1 Å². The zero-order chi connectivity index (χ0) is 22.8. The maximum absolute atomic E-state index is 12.9. The Labute approximate surface area is 192 Å². The number of hydrogen-bond donors (Lipinski definition) is 0. The molecule has 0 bridgehead atoms. The Morgan fingerprint density at radius 2 is 1.48 bits per heavy atom. The Bertz CT molecular complexity index is 1270. The molecule has 2 aromatic heterocycles. The Morgan fingerprint density at radius 3 is 2.03 bits per heavy atom. The van der Waals surface area contributed by atoms with Crippen molar-refractivity contribution in [3.8, 4) is 11.4 Å². The lowest BCUT2D eigenvalue weighted by atomic mass is 9.95. The summed E-state index contributed by atoms with van der Waals surface area (Å²) in [4.78, 5) is 33.6. The maximum atomic E-state index is 12.9. The first-order chi connectivity index (χ1) is 16.1. The molecule has 0 N–H and O–H groups in total. The van der Waals surface area contributed by atoms with Gasteiger partial charge in [-0.2, -0.15) is 0 Å². The SMILES string of the molecule is CC(C(=O)/C=C/c1ccc(-n2ccnc2)cc1)C(=O)C1CC1c1ccc(-n2ccnc2)cc1. The molecule has 33 heavy (non-hydrogen) atoms. The van der Waals surface area contributed by atoms with Gasteiger partial charge in [-0.1, -0.05) is 30.3 Å². The van der Waals surface area contributed by atoms with E-state index in [1.807, 2.05) is 57.9 Å². The van der Waals surface area contributed by atoms with Crippen molar-refractivity contribution in [2.24, 2.45) is 11.8 Å². The summed E-state index contributed by atoms with van der Waals surface area (Å²) >= 11 is 0. The average Bonchev–Trinajstić information content (AvgIpc) is 3.22. The van der Waals surface area contributed by atoms with Gasteiger partial charge < -0.3 is 9.13 Å². The highest BCUT2D eigenvalue weighted by atomic mass is 16.2. The predicted octanol–water partition coefficient (Wildman–Crippen LogP) is 4.65. The van der Waals surface area contributed by atoms with E-state index in [1.165, 1.54) is 6.08 Å². The van der Waals surface area contributed by atoms with Gasteiger partial charge in [0.15, 0.2) is 5.78 Å². The van der Waals surface area contributed by atoms with E-state index in [-0.39, 0.29) is 23.4 Å². The third-order valence-electron chi connectivity index (χ3n) is 6.27. The molecule has 0 amide bonds. The molecule has 164 valence electrons. The van der Waals surface area contributed by atoms with Crippen LogP contribution in [0.1, 0.15) is 30.4 Å². The van der Waals surface area contributed by atoms with Gasteiger partial charge in [0, 0.05) is 42.1 Å². The van der Waals surface area contributed by atoms with Crippen molar-refractivity contribution in [3.63, 3.8) is 0 Å². The minimum absolute atomic E-state index is 0.0313. The zero-order valence-corrected chi connectivity index (χ0v) is 18.3. The lowest BCUT2D eigenvalue weighted by Crippen LogP contribution is -2.21. The highest BCUT2D eigenvalue weighted by molar-refractivity contribution is 6.10. The summed E-state index contributed by atoms with van der Waals surface area (Å²) in [6.07, 6.45) is 14.8.